The monoisotopic (exact) mass is 505 g/mol. The van der Waals surface area contributed by atoms with Crippen molar-refractivity contribution in [3.63, 3.8) is 0 Å². The third-order valence-electron chi connectivity index (χ3n) is 5.38. The summed E-state index contributed by atoms with van der Waals surface area (Å²) in [6.07, 6.45) is 0. The van der Waals surface area contributed by atoms with Gasteiger partial charge in [-0.2, -0.15) is 0 Å². The van der Waals surface area contributed by atoms with Gasteiger partial charge >= 0.3 is 5.69 Å². The molecule has 0 aliphatic carbocycles. The fraction of sp³-hybridized carbons (Fsp3) is 0.261. The van der Waals surface area contributed by atoms with Gasteiger partial charge in [-0.05, 0) is 31.7 Å². The van der Waals surface area contributed by atoms with Crippen molar-refractivity contribution in [1.29, 1.82) is 0 Å². The first-order chi connectivity index (χ1) is 15.3. The van der Waals surface area contributed by atoms with Gasteiger partial charge in [-0.25, -0.2) is 13.6 Å². The molecule has 1 N–H and O–H groups in total. The van der Waals surface area contributed by atoms with Crippen LogP contribution in [0.5, 0.6) is 0 Å². The predicted octanol–water partition coefficient (Wildman–Crippen LogP) is 3.18. The van der Waals surface area contributed by atoms with Gasteiger partial charge in [-0.3, -0.25) is 18.7 Å². The fourth-order valence-corrected chi connectivity index (χ4v) is 3.89. The number of hydrogen-bond acceptors (Lipinski definition) is 4. The lowest BCUT2D eigenvalue weighted by Crippen LogP contribution is -2.46. The summed E-state index contributed by atoms with van der Waals surface area (Å²) < 4.78 is 30.6. The topological polar surface area (TPSA) is 73.1 Å². The maximum Gasteiger partial charge on any atom is 0.331 e. The van der Waals surface area contributed by atoms with Gasteiger partial charge in [-0.1, -0.05) is 52.3 Å². The zero-order valence-electron chi connectivity index (χ0n) is 17.6. The third-order valence-corrected chi connectivity index (χ3v) is 5.89. The van der Waals surface area contributed by atoms with Crippen molar-refractivity contribution in [3.05, 3.63) is 103 Å². The van der Waals surface area contributed by atoms with Gasteiger partial charge in [0.05, 0.1) is 24.5 Å². The number of alkyl halides is 1. The molecule has 3 rings (SSSR count). The van der Waals surface area contributed by atoms with E-state index in [1.807, 2.05) is 30.3 Å². The van der Waals surface area contributed by atoms with Crippen LogP contribution in [0.1, 0.15) is 33.2 Å². The second-order valence-corrected chi connectivity index (χ2v) is 7.81. The van der Waals surface area contributed by atoms with Crippen LogP contribution in [0.25, 0.3) is 0 Å². The SMILES string of the molecule is CNC(Cn1c(=O)c(C(=O)CBr)c(C)n(Cc2c(F)cccc2F)c1=O)c1ccccc1. The normalized spacial score (nSPS) is 12.0. The van der Waals surface area contributed by atoms with E-state index in [0.717, 1.165) is 26.8 Å². The molecule has 1 unspecified atom stereocenters. The minimum Gasteiger partial charge on any atom is -0.312 e. The molecule has 6 nitrogen and oxygen atoms in total. The number of halogens is 3. The molecule has 168 valence electrons. The second-order valence-electron chi connectivity index (χ2n) is 7.25. The molecule has 0 amide bonds. The minimum atomic E-state index is -0.820. The van der Waals surface area contributed by atoms with Crippen LogP contribution >= 0.6 is 15.9 Å². The van der Waals surface area contributed by atoms with Crippen molar-refractivity contribution < 1.29 is 13.6 Å². The molecule has 0 aliphatic rings. The number of nitrogens with zero attached hydrogens (tertiary/aromatic N) is 2. The number of rotatable bonds is 8. The third kappa shape index (κ3) is 4.63. The molecule has 1 aromatic heterocycles. The zero-order valence-corrected chi connectivity index (χ0v) is 19.2. The largest absolute Gasteiger partial charge is 0.331 e. The first kappa shape index (κ1) is 23.7. The van der Waals surface area contributed by atoms with E-state index in [-0.39, 0.29) is 28.7 Å². The molecular weight excluding hydrogens is 484 g/mol. The average Bonchev–Trinajstić information content (AvgIpc) is 2.79. The predicted molar refractivity (Wildman–Crippen MR) is 122 cm³/mol. The van der Waals surface area contributed by atoms with E-state index in [0.29, 0.717) is 0 Å². The van der Waals surface area contributed by atoms with Gasteiger partial charge in [0.1, 0.15) is 17.2 Å². The van der Waals surface area contributed by atoms with Crippen molar-refractivity contribution in [1.82, 2.24) is 14.5 Å². The Kier molecular flexibility index (Phi) is 7.52. The van der Waals surface area contributed by atoms with E-state index in [2.05, 4.69) is 21.2 Å². The molecule has 0 spiro atoms. The highest BCUT2D eigenvalue weighted by molar-refractivity contribution is 9.09. The van der Waals surface area contributed by atoms with E-state index >= 15 is 0 Å². The highest BCUT2D eigenvalue weighted by Crippen LogP contribution is 2.16. The van der Waals surface area contributed by atoms with E-state index in [1.54, 1.807) is 7.05 Å². The highest BCUT2D eigenvalue weighted by atomic mass is 79.9. The smallest absolute Gasteiger partial charge is 0.312 e. The number of carbonyl (C=O) groups is 1. The standard InChI is InChI=1S/C23H22BrF2N3O3/c1-14-21(20(30)11-24)22(31)29(13-19(27-2)15-7-4-3-5-8-15)23(32)28(14)12-16-17(25)9-6-10-18(16)26/h3-10,19,27H,11-13H2,1-2H3. The summed E-state index contributed by atoms with van der Waals surface area (Å²) in [6.45, 7) is 0.900. The van der Waals surface area contributed by atoms with Crippen LogP contribution in [0.2, 0.25) is 0 Å². The summed E-state index contributed by atoms with van der Waals surface area (Å²) in [6, 6.07) is 12.2. The van der Waals surface area contributed by atoms with E-state index < -0.39 is 41.3 Å². The Hall–Kier alpha value is -2.91. The molecule has 0 radical (unpaired) electrons. The Morgan fingerprint density at radius 1 is 1.03 bits per heavy atom. The summed E-state index contributed by atoms with van der Waals surface area (Å²) in [5.41, 5.74) is -1.11. The van der Waals surface area contributed by atoms with Crippen LogP contribution in [0.3, 0.4) is 0 Å². The van der Waals surface area contributed by atoms with Crippen molar-refractivity contribution in [3.8, 4) is 0 Å². The number of carbonyl (C=O) groups excluding carboxylic acids is 1. The number of hydrogen-bond donors (Lipinski definition) is 1. The molecule has 2 aromatic carbocycles. The van der Waals surface area contributed by atoms with E-state index in [4.69, 9.17) is 0 Å². The first-order valence-corrected chi connectivity index (χ1v) is 11.0. The Balaban J connectivity index is 2.21. The van der Waals surface area contributed by atoms with Crippen molar-refractivity contribution >= 4 is 21.7 Å². The van der Waals surface area contributed by atoms with Crippen LogP contribution in [0.15, 0.2) is 58.1 Å². The van der Waals surface area contributed by atoms with Gasteiger partial charge in [0.2, 0.25) is 0 Å². The quantitative estimate of drug-likeness (QED) is 0.377. The Morgan fingerprint density at radius 2 is 1.66 bits per heavy atom. The Morgan fingerprint density at radius 3 is 2.22 bits per heavy atom. The van der Waals surface area contributed by atoms with Crippen LogP contribution in [-0.4, -0.2) is 27.3 Å². The number of ketones is 1. The second kappa shape index (κ2) is 10.1. The Labute approximate surface area is 191 Å². The molecule has 0 aliphatic heterocycles. The summed E-state index contributed by atoms with van der Waals surface area (Å²) in [4.78, 5) is 39.0. The minimum absolute atomic E-state index is 0.0593. The van der Waals surface area contributed by atoms with Crippen LogP contribution < -0.4 is 16.6 Å². The number of benzene rings is 2. The molecule has 1 heterocycles. The van der Waals surface area contributed by atoms with Gasteiger partial charge < -0.3 is 5.32 Å². The number of nitrogens with one attached hydrogen (secondary N) is 1. The molecule has 9 heteroatoms. The molecule has 0 bridgehead atoms. The number of Topliss-reactive ketones (excluding diaryl/α,β-unsaturated/α-hetero) is 1. The van der Waals surface area contributed by atoms with E-state index in [9.17, 15) is 23.2 Å². The van der Waals surface area contributed by atoms with Gasteiger partial charge in [-0.15, -0.1) is 0 Å². The van der Waals surface area contributed by atoms with E-state index in [1.165, 1.54) is 13.0 Å². The maximum absolute atomic E-state index is 14.3. The fourth-order valence-electron chi connectivity index (χ4n) is 3.61. The first-order valence-electron chi connectivity index (χ1n) is 9.88. The maximum atomic E-state index is 14.3. The molecule has 0 fully saturated rings. The lowest BCUT2D eigenvalue weighted by atomic mass is 10.1. The lowest BCUT2D eigenvalue weighted by Gasteiger charge is -2.21. The summed E-state index contributed by atoms with van der Waals surface area (Å²) in [5, 5.41) is 2.93. The summed E-state index contributed by atoms with van der Waals surface area (Å²) >= 11 is 3.06. The van der Waals surface area contributed by atoms with Crippen LogP contribution in [0.4, 0.5) is 8.78 Å². The zero-order chi connectivity index (χ0) is 23.4. The molecule has 1 atom stereocenters. The van der Waals surface area contributed by atoms with Gasteiger partial charge in [0, 0.05) is 11.3 Å². The highest BCUT2D eigenvalue weighted by Gasteiger charge is 2.24. The molecule has 0 saturated heterocycles. The Bertz CT molecular complexity index is 1240. The average molecular weight is 506 g/mol. The molecule has 3 aromatic rings. The van der Waals surface area contributed by atoms with Crippen molar-refractivity contribution in [2.24, 2.45) is 0 Å². The number of likely N-dealkylation sites (N-methyl/N-ethyl adjacent to an activating group) is 1. The number of aromatic nitrogens is 2. The molecule has 0 saturated carbocycles. The van der Waals surface area contributed by atoms with Crippen LogP contribution in [0, 0.1) is 18.6 Å². The van der Waals surface area contributed by atoms with Crippen LogP contribution in [-0.2, 0) is 13.1 Å². The van der Waals surface area contributed by atoms with Crippen molar-refractivity contribution in [2.45, 2.75) is 26.1 Å². The molecular formula is C23H22BrF2N3O3. The van der Waals surface area contributed by atoms with Crippen molar-refractivity contribution in [2.75, 3.05) is 12.4 Å². The summed E-state index contributed by atoms with van der Waals surface area (Å²) in [5.74, 6) is -2.16. The molecule has 32 heavy (non-hydrogen) atoms. The van der Waals surface area contributed by atoms with Gasteiger partial charge in [0.25, 0.3) is 5.56 Å². The lowest BCUT2D eigenvalue weighted by molar-refractivity contribution is 0.101. The summed E-state index contributed by atoms with van der Waals surface area (Å²) in [7, 11) is 1.69. The van der Waals surface area contributed by atoms with Gasteiger partial charge in [0.15, 0.2) is 5.78 Å².